The second kappa shape index (κ2) is 14.2. The third kappa shape index (κ3) is 7.66. The lowest BCUT2D eigenvalue weighted by molar-refractivity contribution is 0.0368. The number of hydrogen-bond donors (Lipinski definition) is 2. The number of hydrogen-bond acceptors (Lipinski definition) is 7. The highest BCUT2D eigenvalue weighted by Crippen LogP contribution is 2.37. The number of aromatic nitrogens is 1. The average molecular weight is 568 g/mol. The Labute approximate surface area is 245 Å². The largest absolute Gasteiger partial charge is 0.505 e. The predicted octanol–water partition coefficient (Wildman–Crippen LogP) is 6.72. The molecule has 3 aromatic carbocycles. The van der Waals surface area contributed by atoms with E-state index in [1.807, 2.05) is 0 Å². The fourth-order valence-electron chi connectivity index (χ4n) is 4.57. The van der Waals surface area contributed by atoms with Crippen molar-refractivity contribution in [1.29, 1.82) is 0 Å². The maximum absolute atomic E-state index is 12.4. The number of carbonyl (C=O) groups excluding carboxylic acids is 1. The summed E-state index contributed by atoms with van der Waals surface area (Å²) in [6.07, 6.45) is 3.59. The molecule has 2 heterocycles. The topological polar surface area (TPSA) is 98.5 Å². The maximum atomic E-state index is 12.4. The molecule has 42 heavy (non-hydrogen) atoms. The summed E-state index contributed by atoms with van der Waals surface area (Å²) in [5, 5.41) is 6.29. The van der Waals surface area contributed by atoms with Gasteiger partial charge in [0.05, 0.1) is 39.0 Å². The molecular weight excluding hydrogens is 534 g/mol. The normalized spacial score (nSPS) is 13.2. The standard InChI is InChI=1S/C32H33N5O5/c1-33-29-21-27-28(22-31(29)41-18-4-3-15-37-16-19-40-20-17-37)34-14-13-30(27)42-26-11-7-24(8-12-26)36-32(38)35-23-5-9-25(39-2)10-6-23/h5-14,21-22H,3-4,15-20H2,2H3,(H2,35,36,38). The predicted molar refractivity (Wildman–Crippen MR) is 162 cm³/mol. The Morgan fingerprint density at radius 1 is 0.952 bits per heavy atom. The summed E-state index contributed by atoms with van der Waals surface area (Å²) in [5.74, 6) is 2.38. The highest BCUT2D eigenvalue weighted by molar-refractivity contribution is 5.99. The first-order chi connectivity index (χ1) is 20.6. The number of urea groups is 1. The summed E-state index contributed by atoms with van der Waals surface area (Å²) >= 11 is 0. The molecule has 0 saturated carbocycles. The number of unbranched alkanes of at least 4 members (excludes halogenated alkanes) is 1. The molecule has 0 atom stereocenters. The first kappa shape index (κ1) is 28.7. The summed E-state index contributed by atoms with van der Waals surface area (Å²) in [5.41, 5.74) is 2.34. The number of rotatable bonds is 11. The second-order valence-corrected chi connectivity index (χ2v) is 9.70. The molecule has 5 rings (SSSR count). The lowest BCUT2D eigenvalue weighted by Crippen LogP contribution is -2.36. The van der Waals surface area contributed by atoms with Gasteiger partial charge in [-0.05, 0) is 86.1 Å². The Hall–Kier alpha value is -4.85. The first-order valence-corrected chi connectivity index (χ1v) is 13.8. The van der Waals surface area contributed by atoms with Gasteiger partial charge in [-0.2, -0.15) is 0 Å². The van der Waals surface area contributed by atoms with Crippen molar-refractivity contribution in [1.82, 2.24) is 9.88 Å². The van der Waals surface area contributed by atoms with E-state index < -0.39 is 0 Å². The zero-order chi connectivity index (χ0) is 29.1. The minimum atomic E-state index is -0.365. The van der Waals surface area contributed by atoms with Crippen LogP contribution in [0.3, 0.4) is 0 Å². The van der Waals surface area contributed by atoms with Gasteiger partial charge in [-0.25, -0.2) is 9.64 Å². The number of amides is 2. The molecule has 0 spiro atoms. The number of benzene rings is 3. The molecular formula is C32H33N5O5. The Morgan fingerprint density at radius 2 is 1.64 bits per heavy atom. The van der Waals surface area contributed by atoms with Gasteiger partial charge in [0, 0.05) is 36.0 Å². The number of nitrogens with one attached hydrogen (secondary N) is 2. The number of nitrogens with zero attached hydrogens (tertiary/aromatic N) is 3. The first-order valence-electron chi connectivity index (χ1n) is 13.8. The number of pyridine rings is 1. The van der Waals surface area contributed by atoms with Crippen molar-refractivity contribution in [2.24, 2.45) is 0 Å². The van der Waals surface area contributed by atoms with Gasteiger partial charge in [-0.3, -0.25) is 9.88 Å². The van der Waals surface area contributed by atoms with Crippen LogP contribution >= 0.6 is 0 Å². The van der Waals surface area contributed by atoms with Gasteiger partial charge >= 0.3 is 6.03 Å². The van der Waals surface area contributed by atoms with Crippen molar-refractivity contribution in [2.45, 2.75) is 12.8 Å². The number of methoxy groups -OCH3 is 1. The lowest BCUT2D eigenvalue weighted by atomic mass is 10.1. The SMILES string of the molecule is [C-]#[N+]c1cc2c(Oc3ccc(NC(=O)Nc4ccc(OC)cc4)cc3)ccnc2cc1OCCCCN1CCOCC1. The Kier molecular flexibility index (Phi) is 9.67. The zero-order valence-electron chi connectivity index (χ0n) is 23.5. The van der Waals surface area contributed by atoms with E-state index in [4.69, 9.17) is 25.5 Å². The number of carbonyl (C=O) groups is 1. The van der Waals surface area contributed by atoms with Crippen molar-refractivity contribution in [3.8, 4) is 23.0 Å². The zero-order valence-corrected chi connectivity index (χ0v) is 23.5. The van der Waals surface area contributed by atoms with Gasteiger partial charge in [-0.1, -0.05) is 0 Å². The molecule has 10 heteroatoms. The van der Waals surface area contributed by atoms with E-state index in [0.29, 0.717) is 57.6 Å². The van der Waals surface area contributed by atoms with E-state index in [9.17, 15) is 4.79 Å². The van der Waals surface area contributed by atoms with Crippen LogP contribution in [0.4, 0.5) is 21.9 Å². The van der Waals surface area contributed by atoms with Crippen LogP contribution < -0.4 is 24.8 Å². The van der Waals surface area contributed by atoms with Crippen LogP contribution in [-0.2, 0) is 4.74 Å². The fourth-order valence-corrected chi connectivity index (χ4v) is 4.57. The minimum absolute atomic E-state index is 0.365. The third-order valence-corrected chi connectivity index (χ3v) is 6.82. The molecule has 1 aliphatic heterocycles. The van der Waals surface area contributed by atoms with Crippen LogP contribution in [0.1, 0.15) is 12.8 Å². The summed E-state index contributed by atoms with van der Waals surface area (Å²) in [6, 6.07) is 19.0. The van der Waals surface area contributed by atoms with E-state index in [-0.39, 0.29) is 6.03 Å². The van der Waals surface area contributed by atoms with Crippen molar-refractivity contribution in [2.75, 3.05) is 57.2 Å². The highest BCUT2D eigenvalue weighted by Gasteiger charge is 2.13. The van der Waals surface area contributed by atoms with E-state index in [1.54, 1.807) is 80.0 Å². The van der Waals surface area contributed by atoms with Crippen LogP contribution in [0, 0.1) is 6.57 Å². The van der Waals surface area contributed by atoms with Crippen LogP contribution in [-0.4, -0.2) is 62.5 Å². The van der Waals surface area contributed by atoms with Crippen LogP contribution in [0.5, 0.6) is 23.0 Å². The summed E-state index contributed by atoms with van der Waals surface area (Å²) < 4.78 is 22.7. The number of morpholine rings is 1. The maximum Gasteiger partial charge on any atom is 0.323 e. The fraction of sp³-hybridized carbons (Fsp3) is 0.281. The van der Waals surface area contributed by atoms with E-state index in [0.717, 1.165) is 45.7 Å². The smallest absolute Gasteiger partial charge is 0.323 e. The number of fused-ring (bicyclic) bond motifs is 1. The van der Waals surface area contributed by atoms with Crippen molar-refractivity contribution >= 4 is 34.0 Å². The second-order valence-electron chi connectivity index (χ2n) is 9.70. The van der Waals surface area contributed by atoms with Crippen molar-refractivity contribution in [3.63, 3.8) is 0 Å². The molecule has 1 saturated heterocycles. The molecule has 0 unspecified atom stereocenters. The quantitative estimate of drug-likeness (QED) is 0.153. The van der Waals surface area contributed by atoms with Crippen LogP contribution in [0.2, 0.25) is 0 Å². The molecule has 1 aliphatic rings. The molecule has 2 amide bonds. The molecule has 4 aromatic rings. The Balaban J connectivity index is 1.18. The number of anilines is 2. The molecule has 1 fully saturated rings. The molecule has 216 valence electrons. The van der Waals surface area contributed by atoms with Gasteiger partial charge in [-0.15, -0.1) is 0 Å². The van der Waals surface area contributed by atoms with Gasteiger partial charge in [0.1, 0.15) is 23.0 Å². The van der Waals surface area contributed by atoms with Gasteiger partial charge in [0.25, 0.3) is 0 Å². The van der Waals surface area contributed by atoms with Crippen LogP contribution in [0.25, 0.3) is 15.7 Å². The van der Waals surface area contributed by atoms with E-state index >= 15 is 0 Å². The van der Waals surface area contributed by atoms with E-state index in [1.165, 1.54) is 0 Å². The van der Waals surface area contributed by atoms with E-state index in [2.05, 4.69) is 25.4 Å². The summed E-state index contributed by atoms with van der Waals surface area (Å²) in [6.45, 7) is 12.8. The summed E-state index contributed by atoms with van der Waals surface area (Å²) in [4.78, 5) is 22.9. The Bertz CT molecular complexity index is 1530. The van der Waals surface area contributed by atoms with Gasteiger partial charge in [0.15, 0.2) is 0 Å². The van der Waals surface area contributed by atoms with Crippen molar-refractivity contribution < 1.29 is 23.7 Å². The van der Waals surface area contributed by atoms with Crippen molar-refractivity contribution in [3.05, 3.63) is 84.3 Å². The van der Waals surface area contributed by atoms with Gasteiger partial charge < -0.3 is 29.6 Å². The minimum Gasteiger partial charge on any atom is -0.505 e. The Morgan fingerprint density at radius 3 is 2.31 bits per heavy atom. The molecule has 0 aliphatic carbocycles. The lowest BCUT2D eigenvalue weighted by Gasteiger charge is -2.26. The molecule has 0 radical (unpaired) electrons. The molecule has 10 nitrogen and oxygen atoms in total. The average Bonchev–Trinajstić information content (AvgIpc) is 3.02. The number of ether oxygens (including phenoxy) is 4. The monoisotopic (exact) mass is 567 g/mol. The highest BCUT2D eigenvalue weighted by atomic mass is 16.5. The van der Waals surface area contributed by atoms with Gasteiger partial charge in [0.2, 0.25) is 5.69 Å². The molecule has 1 aromatic heterocycles. The third-order valence-electron chi connectivity index (χ3n) is 6.82. The van der Waals surface area contributed by atoms with Crippen LogP contribution in [0.15, 0.2) is 72.9 Å². The summed E-state index contributed by atoms with van der Waals surface area (Å²) in [7, 11) is 1.59. The molecule has 2 N–H and O–H groups in total. The molecule has 0 bridgehead atoms.